The zero-order valence-electron chi connectivity index (χ0n) is 19.8. The topological polar surface area (TPSA) is 61.5 Å². The predicted octanol–water partition coefficient (Wildman–Crippen LogP) is 4.94. The molecule has 2 atom stereocenters. The highest BCUT2D eigenvalue weighted by Gasteiger charge is 2.35. The molecule has 0 saturated carbocycles. The van der Waals surface area contributed by atoms with Crippen LogP contribution in [-0.4, -0.2) is 65.4 Å². The number of benzene rings is 2. The number of amides is 2. The molecule has 0 aliphatic carbocycles. The van der Waals surface area contributed by atoms with E-state index in [1.807, 2.05) is 15.9 Å². The van der Waals surface area contributed by atoms with E-state index in [0.717, 1.165) is 24.6 Å². The summed E-state index contributed by atoms with van der Waals surface area (Å²) in [6.45, 7) is 5.62. The fourth-order valence-corrected chi connectivity index (χ4v) is 5.08. The van der Waals surface area contributed by atoms with Gasteiger partial charge in [0.15, 0.2) is 0 Å². The predicted molar refractivity (Wildman–Crippen MR) is 129 cm³/mol. The first kappa shape index (κ1) is 23.5. The van der Waals surface area contributed by atoms with Crippen molar-refractivity contribution < 1.29 is 18.3 Å². The smallest absolute Gasteiger partial charge is 0.320 e. The van der Waals surface area contributed by atoms with Crippen LogP contribution in [0.5, 0.6) is 0 Å². The fourth-order valence-electron chi connectivity index (χ4n) is 5.08. The quantitative estimate of drug-likeness (QED) is 0.575. The second kappa shape index (κ2) is 10.2. The summed E-state index contributed by atoms with van der Waals surface area (Å²) in [7, 11) is 0. The minimum atomic E-state index is -0.648. The van der Waals surface area contributed by atoms with Crippen LogP contribution in [0.1, 0.15) is 42.0 Å². The number of aryl methyl sites for hydroxylation is 1. The number of nitrogens with one attached hydrogen (secondary N) is 1. The van der Waals surface area contributed by atoms with Crippen LogP contribution in [-0.2, 0) is 11.2 Å². The third-order valence-corrected chi connectivity index (χ3v) is 7.11. The Morgan fingerprint density at radius 1 is 1.03 bits per heavy atom. The van der Waals surface area contributed by atoms with Gasteiger partial charge in [-0.05, 0) is 42.2 Å². The average molecular weight is 481 g/mol. The molecule has 2 amide bonds. The number of carbonyl (C=O) groups excluding carboxylic acids is 1. The van der Waals surface area contributed by atoms with Crippen LogP contribution in [0.15, 0.2) is 48.5 Å². The van der Waals surface area contributed by atoms with Gasteiger partial charge in [0, 0.05) is 55.3 Å². The zero-order chi connectivity index (χ0) is 24.4. The standard InChI is InChI=1S/C27H30F2N4O2/c1-2-18-3-5-19(6-4-18)20-13-21(17-33(16-20)27(34)32-9-11-35-12-10-32)25-15-26(31-30-25)23-8-7-22(28)14-24(23)29/h3-8,14-15,20-21H,2,9-13,16-17H2,1H3,(H,30,31). The van der Waals surface area contributed by atoms with Crippen molar-refractivity contribution in [3.8, 4) is 11.3 Å². The van der Waals surface area contributed by atoms with E-state index in [-0.39, 0.29) is 23.4 Å². The molecule has 0 spiro atoms. The van der Waals surface area contributed by atoms with E-state index in [4.69, 9.17) is 4.74 Å². The van der Waals surface area contributed by atoms with Crippen molar-refractivity contribution in [3.63, 3.8) is 0 Å². The number of hydrogen-bond donors (Lipinski definition) is 1. The lowest BCUT2D eigenvalue weighted by molar-refractivity contribution is 0.0398. The molecule has 1 aromatic heterocycles. The molecule has 5 rings (SSSR count). The summed E-state index contributed by atoms with van der Waals surface area (Å²) in [6, 6.07) is 14.0. The van der Waals surface area contributed by atoms with Gasteiger partial charge in [-0.15, -0.1) is 0 Å². The number of halogens is 2. The minimum Gasteiger partial charge on any atom is -0.378 e. The monoisotopic (exact) mass is 480 g/mol. The third-order valence-electron chi connectivity index (χ3n) is 7.11. The van der Waals surface area contributed by atoms with E-state index in [9.17, 15) is 13.6 Å². The second-order valence-corrected chi connectivity index (χ2v) is 9.34. The molecule has 2 aliphatic heterocycles. The van der Waals surface area contributed by atoms with Gasteiger partial charge in [0.05, 0.1) is 18.9 Å². The number of nitrogens with zero attached hydrogens (tertiary/aromatic N) is 3. The summed E-state index contributed by atoms with van der Waals surface area (Å²) in [6.07, 6.45) is 1.82. The SMILES string of the molecule is CCc1ccc(C2CC(c3cc(-c4ccc(F)cc4F)n[nH]3)CN(C(=O)N3CCOCC3)C2)cc1. The highest BCUT2D eigenvalue weighted by Crippen LogP contribution is 2.37. The lowest BCUT2D eigenvalue weighted by Gasteiger charge is -2.41. The van der Waals surface area contributed by atoms with Crippen molar-refractivity contribution in [1.82, 2.24) is 20.0 Å². The number of urea groups is 1. The van der Waals surface area contributed by atoms with Crippen LogP contribution in [0, 0.1) is 11.6 Å². The Hall–Kier alpha value is -3.26. The van der Waals surface area contributed by atoms with Gasteiger partial charge in [-0.1, -0.05) is 31.2 Å². The van der Waals surface area contributed by atoms with Crippen LogP contribution in [0.2, 0.25) is 0 Å². The number of hydrogen-bond acceptors (Lipinski definition) is 3. The molecule has 6 nitrogen and oxygen atoms in total. The maximum absolute atomic E-state index is 14.3. The van der Waals surface area contributed by atoms with Gasteiger partial charge >= 0.3 is 6.03 Å². The Labute approximate surface area is 203 Å². The average Bonchev–Trinajstić information content (AvgIpc) is 3.38. The molecule has 2 aliphatic rings. The maximum Gasteiger partial charge on any atom is 0.320 e. The van der Waals surface area contributed by atoms with E-state index in [1.54, 1.807) is 0 Å². The molecule has 1 N–H and O–H groups in total. The van der Waals surface area contributed by atoms with E-state index < -0.39 is 11.6 Å². The first-order chi connectivity index (χ1) is 17.0. The number of aromatic amines is 1. The molecule has 184 valence electrons. The van der Waals surface area contributed by atoms with Crippen LogP contribution in [0.25, 0.3) is 11.3 Å². The first-order valence-corrected chi connectivity index (χ1v) is 12.2. The molecule has 0 radical (unpaired) electrons. The number of rotatable bonds is 4. The van der Waals surface area contributed by atoms with Crippen molar-refractivity contribution in [2.75, 3.05) is 39.4 Å². The third kappa shape index (κ3) is 5.07. The van der Waals surface area contributed by atoms with E-state index in [0.29, 0.717) is 45.1 Å². The molecule has 2 saturated heterocycles. The van der Waals surface area contributed by atoms with Crippen LogP contribution in [0.3, 0.4) is 0 Å². The number of H-pyrrole nitrogens is 1. The zero-order valence-corrected chi connectivity index (χ0v) is 19.8. The Morgan fingerprint density at radius 3 is 2.49 bits per heavy atom. The van der Waals surface area contributed by atoms with E-state index in [1.165, 1.54) is 23.3 Å². The van der Waals surface area contributed by atoms with Gasteiger partial charge in [0.1, 0.15) is 11.6 Å². The van der Waals surface area contributed by atoms with E-state index >= 15 is 0 Å². The summed E-state index contributed by atoms with van der Waals surface area (Å²) >= 11 is 0. The number of carbonyl (C=O) groups is 1. The number of morpholine rings is 1. The summed E-state index contributed by atoms with van der Waals surface area (Å²) in [5, 5.41) is 7.38. The molecular formula is C27H30F2N4O2. The van der Waals surface area contributed by atoms with Crippen molar-refractivity contribution in [2.45, 2.75) is 31.6 Å². The maximum atomic E-state index is 14.3. The van der Waals surface area contributed by atoms with E-state index in [2.05, 4.69) is 41.4 Å². The number of piperidine rings is 1. The number of ether oxygens (including phenoxy) is 1. The fraction of sp³-hybridized carbons (Fsp3) is 0.407. The Bertz CT molecular complexity index is 1170. The van der Waals surface area contributed by atoms with Gasteiger partial charge in [-0.3, -0.25) is 5.10 Å². The van der Waals surface area contributed by atoms with Crippen molar-refractivity contribution in [3.05, 3.63) is 77.0 Å². The lowest BCUT2D eigenvalue weighted by atomic mass is 9.82. The van der Waals surface area contributed by atoms with Crippen LogP contribution < -0.4 is 0 Å². The van der Waals surface area contributed by atoms with Gasteiger partial charge in [0.25, 0.3) is 0 Å². The van der Waals surface area contributed by atoms with Gasteiger partial charge in [-0.2, -0.15) is 5.10 Å². The van der Waals surface area contributed by atoms with Crippen molar-refractivity contribution >= 4 is 6.03 Å². The molecule has 3 heterocycles. The Balaban J connectivity index is 1.42. The van der Waals surface area contributed by atoms with Crippen molar-refractivity contribution in [2.24, 2.45) is 0 Å². The second-order valence-electron chi connectivity index (χ2n) is 9.34. The van der Waals surface area contributed by atoms with Gasteiger partial charge in [-0.25, -0.2) is 13.6 Å². The van der Waals surface area contributed by atoms with Crippen LogP contribution in [0.4, 0.5) is 13.6 Å². The minimum absolute atomic E-state index is 0.00866. The lowest BCUT2D eigenvalue weighted by Crippen LogP contribution is -2.52. The molecular weight excluding hydrogens is 450 g/mol. The summed E-state index contributed by atoms with van der Waals surface area (Å²) in [5.74, 6) is -1.10. The number of aromatic nitrogens is 2. The van der Waals surface area contributed by atoms with Crippen LogP contribution >= 0.6 is 0 Å². The molecule has 2 aromatic carbocycles. The molecule has 8 heteroatoms. The highest BCUT2D eigenvalue weighted by molar-refractivity contribution is 5.75. The number of likely N-dealkylation sites (tertiary alicyclic amines) is 1. The van der Waals surface area contributed by atoms with Crippen molar-refractivity contribution in [1.29, 1.82) is 0 Å². The molecule has 3 aromatic rings. The Kier molecular flexibility index (Phi) is 6.81. The van der Waals surface area contributed by atoms with Gasteiger partial charge in [0.2, 0.25) is 0 Å². The molecule has 2 unspecified atom stereocenters. The first-order valence-electron chi connectivity index (χ1n) is 12.2. The molecule has 2 fully saturated rings. The highest BCUT2D eigenvalue weighted by atomic mass is 19.1. The summed E-state index contributed by atoms with van der Waals surface area (Å²) in [4.78, 5) is 17.2. The molecule has 0 bridgehead atoms. The largest absolute Gasteiger partial charge is 0.378 e. The molecule has 35 heavy (non-hydrogen) atoms. The normalized spacial score (nSPS) is 20.8. The summed E-state index contributed by atoms with van der Waals surface area (Å²) in [5.41, 5.74) is 4.01. The summed E-state index contributed by atoms with van der Waals surface area (Å²) < 4.78 is 33.1. The van der Waals surface area contributed by atoms with Gasteiger partial charge < -0.3 is 14.5 Å². The Morgan fingerprint density at radius 2 is 1.77 bits per heavy atom.